The van der Waals surface area contributed by atoms with Crippen molar-refractivity contribution < 1.29 is 37.8 Å². The van der Waals surface area contributed by atoms with E-state index in [0.29, 0.717) is 43.5 Å². The SMILES string of the molecule is O=C(O)C(F)(F)F.O=C(O)c1cc2c(nc1NC1CC1)CCN(C(=O)c1ccc[nH]1)CC2. The summed E-state index contributed by atoms with van der Waals surface area (Å²) >= 11 is 0. The Morgan fingerprint density at radius 2 is 1.81 bits per heavy atom. The van der Waals surface area contributed by atoms with Crippen LogP contribution in [0.3, 0.4) is 0 Å². The van der Waals surface area contributed by atoms with Gasteiger partial charge in [-0.2, -0.15) is 13.2 Å². The number of aromatic nitrogens is 2. The van der Waals surface area contributed by atoms with E-state index in [1.165, 1.54) is 0 Å². The standard InChI is InChI=1S/C18H20N4O3.C2HF3O2/c23-17(15-2-1-7-19-15)22-8-5-11-10-13(18(24)25)16(20-12-3-4-12)21-14(11)6-9-22;3-2(4,5)1(6)7/h1-2,7,10,12,19H,3-6,8-9H2,(H,20,21)(H,24,25);(H,6,7). The van der Waals surface area contributed by atoms with E-state index in [9.17, 15) is 27.9 Å². The Bertz CT molecular complexity index is 1000. The fraction of sp³-hybridized carbons (Fsp3) is 0.400. The fourth-order valence-electron chi connectivity index (χ4n) is 3.16. The van der Waals surface area contributed by atoms with Crippen LogP contribution in [0.4, 0.5) is 19.0 Å². The number of aromatic amines is 1. The number of carbonyl (C=O) groups is 3. The molecule has 0 spiro atoms. The van der Waals surface area contributed by atoms with Crippen molar-refractivity contribution in [2.24, 2.45) is 0 Å². The van der Waals surface area contributed by atoms with Crippen LogP contribution in [0.2, 0.25) is 0 Å². The first-order valence-electron chi connectivity index (χ1n) is 9.81. The van der Waals surface area contributed by atoms with Crippen LogP contribution in [0.1, 0.15) is 44.9 Å². The van der Waals surface area contributed by atoms with Crippen LogP contribution in [0.5, 0.6) is 0 Å². The molecule has 172 valence electrons. The van der Waals surface area contributed by atoms with E-state index in [4.69, 9.17) is 9.90 Å². The van der Waals surface area contributed by atoms with E-state index < -0.39 is 18.1 Å². The van der Waals surface area contributed by atoms with Gasteiger partial charge in [-0.05, 0) is 43.0 Å². The van der Waals surface area contributed by atoms with Gasteiger partial charge in [0.15, 0.2) is 0 Å². The normalized spacial score (nSPS) is 15.7. The summed E-state index contributed by atoms with van der Waals surface area (Å²) in [5, 5.41) is 19.8. The Kier molecular flexibility index (Phi) is 6.70. The highest BCUT2D eigenvalue weighted by Gasteiger charge is 2.38. The summed E-state index contributed by atoms with van der Waals surface area (Å²) < 4.78 is 31.7. The predicted molar refractivity (Wildman–Crippen MR) is 106 cm³/mol. The van der Waals surface area contributed by atoms with Crippen molar-refractivity contribution in [3.8, 4) is 0 Å². The molecule has 2 aromatic heterocycles. The molecule has 1 amide bonds. The molecule has 1 aliphatic carbocycles. The van der Waals surface area contributed by atoms with Crippen molar-refractivity contribution in [2.75, 3.05) is 18.4 Å². The summed E-state index contributed by atoms with van der Waals surface area (Å²) in [6, 6.07) is 5.62. The molecule has 3 heterocycles. The minimum atomic E-state index is -5.08. The lowest BCUT2D eigenvalue weighted by Gasteiger charge is -2.19. The second-order valence-electron chi connectivity index (χ2n) is 7.39. The van der Waals surface area contributed by atoms with Gasteiger partial charge in [-0.1, -0.05) is 0 Å². The number of aromatic carboxylic acids is 1. The summed E-state index contributed by atoms with van der Waals surface area (Å²) in [7, 11) is 0. The average molecular weight is 454 g/mol. The molecule has 32 heavy (non-hydrogen) atoms. The summed E-state index contributed by atoms with van der Waals surface area (Å²) in [6.07, 6.45) is -0.0113. The van der Waals surface area contributed by atoms with Gasteiger partial charge in [-0.25, -0.2) is 14.6 Å². The quantitative estimate of drug-likeness (QED) is 0.558. The number of carbonyl (C=O) groups excluding carboxylic acids is 1. The van der Waals surface area contributed by atoms with E-state index in [1.807, 2.05) is 0 Å². The maximum Gasteiger partial charge on any atom is 0.490 e. The number of hydrogen-bond donors (Lipinski definition) is 4. The van der Waals surface area contributed by atoms with Gasteiger partial charge >= 0.3 is 18.1 Å². The molecule has 1 fully saturated rings. The zero-order valence-corrected chi connectivity index (χ0v) is 16.8. The Morgan fingerprint density at radius 1 is 1.16 bits per heavy atom. The monoisotopic (exact) mass is 454 g/mol. The Labute approximate surface area is 180 Å². The number of nitrogens with one attached hydrogen (secondary N) is 2. The van der Waals surface area contributed by atoms with Gasteiger partial charge in [-0.15, -0.1) is 0 Å². The predicted octanol–water partition coefficient (Wildman–Crippen LogP) is 2.56. The van der Waals surface area contributed by atoms with E-state index in [1.54, 1.807) is 29.3 Å². The van der Waals surface area contributed by atoms with Crippen LogP contribution in [0, 0.1) is 0 Å². The van der Waals surface area contributed by atoms with E-state index in [-0.39, 0.29) is 11.5 Å². The lowest BCUT2D eigenvalue weighted by Crippen LogP contribution is -2.33. The second kappa shape index (κ2) is 9.28. The molecule has 9 nitrogen and oxygen atoms in total. The molecule has 0 unspecified atom stereocenters. The van der Waals surface area contributed by atoms with Gasteiger partial charge in [0.25, 0.3) is 5.91 Å². The number of alkyl halides is 3. The Hall–Kier alpha value is -3.57. The number of aliphatic carboxylic acids is 1. The summed E-state index contributed by atoms with van der Waals surface area (Å²) in [5.74, 6) is -3.31. The number of rotatable bonds is 4. The highest BCUT2D eigenvalue weighted by molar-refractivity contribution is 5.94. The molecule has 0 aromatic carbocycles. The first-order chi connectivity index (χ1) is 15.1. The van der Waals surface area contributed by atoms with Gasteiger partial charge < -0.3 is 25.4 Å². The van der Waals surface area contributed by atoms with Crippen molar-refractivity contribution in [3.63, 3.8) is 0 Å². The average Bonchev–Trinajstić information content (AvgIpc) is 3.41. The number of pyridine rings is 1. The number of anilines is 1. The molecule has 1 saturated carbocycles. The molecule has 4 N–H and O–H groups in total. The van der Waals surface area contributed by atoms with Crippen LogP contribution in [0.15, 0.2) is 24.4 Å². The molecule has 0 atom stereocenters. The molecule has 4 rings (SSSR count). The van der Waals surface area contributed by atoms with Crippen molar-refractivity contribution in [1.82, 2.24) is 14.9 Å². The molecule has 1 aliphatic heterocycles. The zero-order valence-electron chi connectivity index (χ0n) is 16.8. The van der Waals surface area contributed by atoms with Crippen molar-refractivity contribution in [2.45, 2.75) is 37.9 Å². The molecular weight excluding hydrogens is 433 g/mol. The van der Waals surface area contributed by atoms with Gasteiger partial charge in [0.1, 0.15) is 17.1 Å². The summed E-state index contributed by atoms with van der Waals surface area (Å²) in [6.45, 7) is 1.13. The van der Waals surface area contributed by atoms with Gasteiger partial charge in [0.05, 0.1) is 0 Å². The summed E-state index contributed by atoms with van der Waals surface area (Å²) in [5.41, 5.74) is 2.59. The zero-order chi connectivity index (χ0) is 23.5. The topological polar surface area (TPSA) is 136 Å². The van der Waals surface area contributed by atoms with Crippen molar-refractivity contribution in [1.29, 1.82) is 0 Å². The number of carboxylic acids is 2. The number of carboxylic acid groups (broad SMARTS) is 2. The fourth-order valence-corrected chi connectivity index (χ4v) is 3.16. The third kappa shape index (κ3) is 5.77. The molecule has 0 radical (unpaired) electrons. The van der Waals surface area contributed by atoms with Crippen LogP contribution in [0.25, 0.3) is 0 Å². The minimum absolute atomic E-state index is 0.0346. The second-order valence-corrected chi connectivity index (χ2v) is 7.39. The lowest BCUT2D eigenvalue weighted by molar-refractivity contribution is -0.192. The third-order valence-corrected chi connectivity index (χ3v) is 4.97. The first-order valence-corrected chi connectivity index (χ1v) is 9.81. The molecular formula is C20H21F3N4O5. The first kappa shape index (κ1) is 23.1. The third-order valence-electron chi connectivity index (χ3n) is 4.97. The van der Waals surface area contributed by atoms with E-state index in [2.05, 4.69) is 15.3 Å². The number of H-pyrrole nitrogens is 1. The Balaban J connectivity index is 0.000000360. The number of nitrogens with zero attached hydrogens (tertiary/aromatic N) is 2. The molecule has 2 aromatic rings. The van der Waals surface area contributed by atoms with Crippen LogP contribution >= 0.6 is 0 Å². The van der Waals surface area contributed by atoms with E-state index >= 15 is 0 Å². The molecule has 2 aliphatic rings. The minimum Gasteiger partial charge on any atom is -0.478 e. The maximum absolute atomic E-state index is 12.5. The van der Waals surface area contributed by atoms with Crippen LogP contribution < -0.4 is 5.32 Å². The largest absolute Gasteiger partial charge is 0.490 e. The highest BCUT2D eigenvalue weighted by Crippen LogP contribution is 2.28. The van der Waals surface area contributed by atoms with Crippen LogP contribution in [-0.2, 0) is 17.6 Å². The Morgan fingerprint density at radius 3 is 2.34 bits per heavy atom. The van der Waals surface area contributed by atoms with Gasteiger partial charge in [0, 0.05) is 37.4 Å². The maximum atomic E-state index is 12.5. The lowest BCUT2D eigenvalue weighted by atomic mass is 10.1. The molecule has 0 bridgehead atoms. The van der Waals surface area contributed by atoms with Gasteiger partial charge in [0.2, 0.25) is 0 Å². The highest BCUT2D eigenvalue weighted by atomic mass is 19.4. The van der Waals surface area contributed by atoms with E-state index in [0.717, 1.165) is 24.1 Å². The summed E-state index contributed by atoms with van der Waals surface area (Å²) in [4.78, 5) is 42.3. The molecule has 0 saturated heterocycles. The van der Waals surface area contributed by atoms with Gasteiger partial charge in [-0.3, -0.25) is 4.79 Å². The number of amides is 1. The van der Waals surface area contributed by atoms with Crippen molar-refractivity contribution >= 4 is 23.7 Å². The number of halogens is 3. The van der Waals surface area contributed by atoms with Crippen molar-refractivity contribution in [3.05, 3.63) is 46.9 Å². The van der Waals surface area contributed by atoms with Crippen LogP contribution in [-0.4, -0.2) is 68.2 Å². The number of hydrogen-bond acceptors (Lipinski definition) is 5. The number of fused-ring (bicyclic) bond motifs is 1. The smallest absolute Gasteiger partial charge is 0.478 e. The molecule has 12 heteroatoms.